The second-order valence-corrected chi connectivity index (χ2v) is 6.66. The summed E-state index contributed by atoms with van der Waals surface area (Å²) in [7, 11) is -1.17. The van der Waals surface area contributed by atoms with Gasteiger partial charge < -0.3 is 4.90 Å². The molecule has 7 heteroatoms. The van der Waals surface area contributed by atoms with E-state index in [2.05, 4.69) is 9.97 Å². The van der Waals surface area contributed by atoms with E-state index >= 15 is 0 Å². The molecule has 1 aliphatic rings. The molecule has 2 heterocycles. The first-order valence-electron chi connectivity index (χ1n) is 5.60. The van der Waals surface area contributed by atoms with Crippen LogP contribution in [0.25, 0.3) is 0 Å². The third-order valence-electron chi connectivity index (χ3n) is 3.10. The number of sulfone groups is 1. The molecule has 0 spiro atoms. The zero-order valence-electron chi connectivity index (χ0n) is 10.3. The Balaban J connectivity index is 2.32. The van der Waals surface area contributed by atoms with Crippen molar-refractivity contribution in [2.45, 2.75) is 19.4 Å². The van der Waals surface area contributed by atoms with Crippen LogP contribution in [0.5, 0.6) is 0 Å². The van der Waals surface area contributed by atoms with Crippen molar-refractivity contribution in [2.24, 2.45) is 0 Å². The molecule has 1 aromatic rings. The molecule has 18 heavy (non-hydrogen) atoms. The van der Waals surface area contributed by atoms with Crippen LogP contribution in [0.1, 0.15) is 17.8 Å². The highest BCUT2D eigenvalue weighted by atomic mass is 32.2. The Hall–Kier alpha value is -1.68. The summed E-state index contributed by atoms with van der Waals surface area (Å²) in [4.78, 5) is 9.98. The van der Waals surface area contributed by atoms with Gasteiger partial charge in [-0.2, -0.15) is 5.26 Å². The maximum Gasteiger partial charge on any atom is 0.152 e. The Morgan fingerprint density at radius 1 is 1.56 bits per heavy atom. The fraction of sp³-hybridized carbons (Fsp3) is 0.545. The highest BCUT2D eigenvalue weighted by Crippen LogP contribution is 2.23. The minimum atomic E-state index is -2.95. The van der Waals surface area contributed by atoms with Crippen LogP contribution in [0.2, 0.25) is 0 Å². The molecular formula is C11H14N4O2S. The predicted octanol–water partition coefficient (Wildman–Crippen LogP) is 0.280. The summed E-state index contributed by atoms with van der Waals surface area (Å²) in [5, 5.41) is 9.03. The second kappa shape index (κ2) is 4.53. The van der Waals surface area contributed by atoms with Gasteiger partial charge >= 0.3 is 0 Å². The zero-order chi connectivity index (χ0) is 13.3. The molecule has 0 radical (unpaired) electrons. The van der Waals surface area contributed by atoms with Gasteiger partial charge in [-0.25, -0.2) is 18.4 Å². The van der Waals surface area contributed by atoms with E-state index in [0.29, 0.717) is 23.6 Å². The lowest BCUT2D eigenvalue weighted by Gasteiger charge is -2.25. The molecule has 1 atom stereocenters. The lowest BCUT2D eigenvalue weighted by molar-refractivity contribution is 0.600. The van der Waals surface area contributed by atoms with E-state index < -0.39 is 9.84 Å². The standard InChI is InChI=1S/C11H14N4O2S/c1-8-13-6-9(5-12)11(14-8)15(2)10-3-4-18(16,17)7-10/h6,10H,3-4,7H2,1-2H3. The normalized spacial score (nSPS) is 21.5. The molecular weight excluding hydrogens is 252 g/mol. The summed E-state index contributed by atoms with van der Waals surface area (Å²) < 4.78 is 22.9. The Bertz CT molecular complexity index is 606. The molecule has 0 amide bonds. The van der Waals surface area contributed by atoms with Crippen molar-refractivity contribution in [3.05, 3.63) is 17.6 Å². The molecule has 0 aliphatic carbocycles. The van der Waals surface area contributed by atoms with Crippen LogP contribution in [-0.2, 0) is 9.84 Å². The summed E-state index contributed by atoms with van der Waals surface area (Å²) in [6.07, 6.45) is 2.05. The molecule has 1 aliphatic heterocycles. The van der Waals surface area contributed by atoms with Crippen LogP contribution in [0.15, 0.2) is 6.20 Å². The van der Waals surface area contributed by atoms with Gasteiger partial charge in [0, 0.05) is 13.1 Å². The number of anilines is 1. The molecule has 1 saturated heterocycles. The first kappa shape index (κ1) is 12.8. The van der Waals surface area contributed by atoms with E-state index in [-0.39, 0.29) is 17.5 Å². The molecule has 2 rings (SSSR count). The van der Waals surface area contributed by atoms with E-state index in [9.17, 15) is 8.42 Å². The van der Waals surface area contributed by atoms with Gasteiger partial charge in [-0.05, 0) is 13.3 Å². The van der Waals surface area contributed by atoms with Gasteiger partial charge in [-0.15, -0.1) is 0 Å². The fourth-order valence-electron chi connectivity index (χ4n) is 2.06. The minimum absolute atomic E-state index is 0.114. The molecule has 0 N–H and O–H groups in total. The molecule has 1 unspecified atom stereocenters. The van der Waals surface area contributed by atoms with Crippen LogP contribution in [0, 0.1) is 18.3 Å². The first-order valence-corrected chi connectivity index (χ1v) is 7.42. The third kappa shape index (κ3) is 2.43. The van der Waals surface area contributed by atoms with Gasteiger partial charge in [0.15, 0.2) is 9.84 Å². The molecule has 96 valence electrons. The predicted molar refractivity (Wildman–Crippen MR) is 66.9 cm³/mol. The Morgan fingerprint density at radius 2 is 2.28 bits per heavy atom. The molecule has 0 bridgehead atoms. The minimum Gasteiger partial charge on any atom is -0.354 e. The molecule has 0 aromatic carbocycles. The number of nitriles is 1. The van der Waals surface area contributed by atoms with Crippen LogP contribution >= 0.6 is 0 Å². The maximum atomic E-state index is 11.5. The SMILES string of the molecule is Cc1ncc(C#N)c(N(C)C2CCS(=O)(=O)C2)n1. The van der Waals surface area contributed by atoms with E-state index in [4.69, 9.17) is 5.26 Å². The van der Waals surface area contributed by atoms with E-state index in [1.54, 1.807) is 18.9 Å². The first-order chi connectivity index (χ1) is 8.43. The molecule has 1 aromatic heterocycles. The van der Waals surface area contributed by atoms with E-state index in [1.165, 1.54) is 6.20 Å². The van der Waals surface area contributed by atoms with Gasteiger partial charge in [0.1, 0.15) is 23.3 Å². The smallest absolute Gasteiger partial charge is 0.152 e. The van der Waals surface area contributed by atoms with Crippen LogP contribution in [-0.4, -0.2) is 43.0 Å². The van der Waals surface area contributed by atoms with E-state index in [0.717, 1.165) is 0 Å². The van der Waals surface area contributed by atoms with Crippen molar-refractivity contribution in [2.75, 3.05) is 23.5 Å². The number of rotatable bonds is 2. The van der Waals surface area contributed by atoms with E-state index in [1.807, 2.05) is 6.07 Å². The number of aromatic nitrogens is 2. The third-order valence-corrected chi connectivity index (χ3v) is 4.85. The molecule has 1 fully saturated rings. The number of hydrogen-bond acceptors (Lipinski definition) is 6. The number of nitrogens with zero attached hydrogens (tertiary/aromatic N) is 4. The summed E-state index contributed by atoms with van der Waals surface area (Å²) in [5.74, 6) is 1.40. The van der Waals surface area contributed by atoms with Gasteiger partial charge in [-0.1, -0.05) is 0 Å². The quantitative estimate of drug-likeness (QED) is 0.764. The van der Waals surface area contributed by atoms with Crippen molar-refractivity contribution in [3.63, 3.8) is 0 Å². The number of hydrogen-bond donors (Lipinski definition) is 0. The maximum absolute atomic E-state index is 11.5. The van der Waals surface area contributed by atoms with Crippen molar-refractivity contribution < 1.29 is 8.42 Å². The van der Waals surface area contributed by atoms with Crippen LogP contribution < -0.4 is 4.90 Å². The summed E-state index contributed by atoms with van der Waals surface area (Å²) in [5.41, 5.74) is 0.368. The van der Waals surface area contributed by atoms with Crippen molar-refractivity contribution in [1.82, 2.24) is 9.97 Å². The molecule has 6 nitrogen and oxygen atoms in total. The summed E-state index contributed by atoms with van der Waals surface area (Å²) in [6.45, 7) is 1.74. The average Bonchev–Trinajstić information content (AvgIpc) is 2.68. The highest BCUT2D eigenvalue weighted by molar-refractivity contribution is 7.91. The van der Waals surface area contributed by atoms with Crippen LogP contribution in [0.3, 0.4) is 0 Å². The number of aryl methyl sites for hydroxylation is 1. The average molecular weight is 266 g/mol. The Labute approximate surface area is 106 Å². The van der Waals surface area contributed by atoms with Crippen molar-refractivity contribution >= 4 is 15.7 Å². The second-order valence-electron chi connectivity index (χ2n) is 4.43. The van der Waals surface area contributed by atoms with Crippen molar-refractivity contribution in [3.8, 4) is 6.07 Å². The van der Waals surface area contributed by atoms with Gasteiger partial charge in [0.2, 0.25) is 0 Å². The Morgan fingerprint density at radius 3 is 2.83 bits per heavy atom. The zero-order valence-corrected chi connectivity index (χ0v) is 11.1. The fourth-order valence-corrected chi connectivity index (χ4v) is 3.83. The van der Waals surface area contributed by atoms with Crippen LogP contribution in [0.4, 0.5) is 5.82 Å². The van der Waals surface area contributed by atoms with Gasteiger partial charge in [-0.3, -0.25) is 0 Å². The monoisotopic (exact) mass is 266 g/mol. The summed E-state index contributed by atoms with van der Waals surface area (Å²) >= 11 is 0. The van der Waals surface area contributed by atoms with Gasteiger partial charge in [0.25, 0.3) is 0 Å². The lowest BCUT2D eigenvalue weighted by Crippen LogP contribution is -2.34. The Kier molecular flexibility index (Phi) is 3.22. The van der Waals surface area contributed by atoms with Gasteiger partial charge in [0.05, 0.1) is 17.7 Å². The lowest BCUT2D eigenvalue weighted by atomic mass is 10.2. The highest BCUT2D eigenvalue weighted by Gasteiger charge is 2.32. The largest absolute Gasteiger partial charge is 0.354 e. The van der Waals surface area contributed by atoms with Crippen molar-refractivity contribution in [1.29, 1.82) is 5.26 Å². The summed E-state index contributed by atoms with van der Waals surface area (Å²) in [6, 6.07) is 1.92. The topological polar surface area (TPSA) is 87.0 Å². The molecule has 0 saturated carbocycles.